The molecule has 224 valence electrons. The highest BCUT2D eigenvalue weighted by Crippen LogP contribution is 2.41. The molecule has 4 atom stereocenters. The fraction of sp³-hybridized carbons (Fsp3) is 0.560. The van der Waals surface area contributed by atoms with Gasteiger partial charge in [-0.15, -0.1) is 5.10 Å². The topological polar surface area (TPSA) is 118 Å². The summed E-state index contributed by atoms with van der Waals surface area (Å²) in [5, 5.41) is 12.4. The largest absolute Gasteiger partial charge is 0.347 e. The van der Waals surface area contributed by atoms with Crippen LogP contribution >= 0.6 is 0 Å². The van der Waals surface area contributed by atoms with E-state index in [-0.39, 0.29) is 24.4 Å². The Morgan fingerprint density at radius 1 is 1.15 bits per heavy atom. The van der Waals surface area contributed by atoms with Crippen molar-refractivity contribution in [3.8, 4) is 0 Å². The third kappa shape index (κ3) is 7.33. The second kappa shape index (κ2) is 12.4. The molecule has 0 aliphatic heterocycles. The molecular formula is C25H28F7N7O2. The molecule has 3 N–H and O–H groups in total. The van der Waals surface area contributed by atoms with Gasteiger partial charge in [0.1, 0.15) is 19.0 Å². The number of amides is 2. The molecule has 2 heterocycles. The van der Waals surface area contributed by atoms with Gasteiger partial charge in [-0.25, -0.2) is 35.7 Å². The normalized spacial score (nSPS) is 18.7. The number of hydrogen-bond acceptors (Lipinski definition) is 5. The number of aromatic amines is 1. The highest BCUT2D eigenvalue weighted by atomic mass is 19.3. The summed E-state index contributed by atoms with van der Waals surface area (Å²) in [6, 6.07) is 3.06. The van der Waals surface area contributed by atoms with E-state index in [1.54, 1.807) is 18.2 Å². The average Bonchev–Trinajstić information content (AvgIpc) is 3.57. The predicted molar refractivity (Wildman–Crippen MR) is 132 cm³/mol. The SMILES string of the molecule is C[C@@H](NC(=O)C(F)C(F)CF)c1ccc2nc([C@@H](NC(=O)c3cnn(CC(F)F)n3)C3CCC(F)(F)CC3)[nH]c2c1. The minimum absolute atomic E-state index is 0.0697. The van der Waals surface area contributed by atoms with Crippen LogP contribution in [0.15, 0.2) is 24.4 Å². The van der Waals surface area contributed by atoms with Gasteiger partial charge < -0.3 is 15.6 Å². The highest BCUT2D eigenvalue weighted by Gasteiger charge is 2.40. The van der Waals surface area contributed by atoms with E-state index < -0.39 is 80.6 Å². The second-order valence-electron chi connectivity index (χ2n) is 10.0. The lowest BCUT2D eigenvalue weighted by molar-refractivity contribution is -0.129. The first kappa shape index (κ1) is 30.2. The molecule has 2 aromatic heterocycles. The van der Waals surface area contributed by atoms with E-state index >= 15 is 0 Å². The molecule has 2 unspecified atom stereocenters. The zero-order valence-electron chi connectivity index (χ0n) is 21.8. The van der Waals surface area contributed by atoms with Crippen molar-refractivity contribution >= 4 is 22.8 Å². The number of carbonyl (C=O) groups is 2. The van der Waals surface area contributed by atoms with Crippen LogP contribution in [0.2, 0.25) is 0 Å². The number of halogens is 7. The van der Waals surface area contributed by atoms with E-state index in [2.05, 4.69) is 30.8 Å². The van der Waals surface area contributed by atoms with Gasteiger partial charge in [0.2, 0.25) is 12.1 Å². The number of alkyl halides is 7. The molecular weight excluding hydrogens is 563 g/mol. The molecule has 0 spiro atoms. The standard InChI is InChI=1S/C25H28F7N7O2/c1-12(34-24(41)20(30)15(27)9-26)14-2-3-16-17(8-14)36-22(35-16)21(13-4-6-25(31,32)7-5-13)37-23(40)18-10-33-39(38-18)11-19(28)29/h2-3,8,10,12-13,15,19-21H,4-7,9,11H2,1H3,(H,34,41)(H,35,36)(H,37,40)/t12-,15?,20?,21+/m1/s1. The van der Waals surface area contributed by atoms with E-state index in [1.165, 1.54) is 6.92 Å². The third-order valence-electron chi connectivity index (χ3n) is 6.98. The van der Waals surface area contributed by atoms with Gasteiger partial charge in [0.15, 0.2) is 11.9 Å². The summed E-state index contributed by atoms with van der Waals surface area (Å²) < 4.78 is 92.4. The van der Waals surface area contributed by atoms with Crippen LogP contribution in [0.4, 0.5) is 30.7 Å². The Balaban J connectivity index is 1.57. The van der Waals surface area contributed by atoms with Gasteiger partial charge in [-0.2, -0.15) is 9.90 Å². The third-order valence-corrected chi connectivity index (χ3v) is 6.98. The maximum atomic E-state index is 13.9. The lowest BCUT2D eigenvalue weighted by atomic mass is 9.81. The predicted octanol–water partition coefficient (Wildman–Crippen LogP) is 4.54. The van der Waals surface area contributed by atoms with E-state index in [0.717, 1.165) is 6.20 Å². The average molecular weight is 592 g/mol. The van der Waals surface area contributed by atoms with Gasteiger partial charge >= 0.3 is 0 Å². The van der Waals surface area contributed by atoms with Crippen molar-refractivity contribution in [1.29, 1.82) is 0 Å². The molecule has 1 fully saturated rings. The van der Waals surface area contributed by atoms with Crippen molar-refractivity contribution in [2.24, 2.45) is 5.92 Å². The summed E-state index contributed by atoms with van der Waals surface area (Å²) in [6.45, 7) is -0.941. The smallest absolute Gasteiger partial charge is 0.274 e. The molecule has 1 aromatic carbocycles. The van der Waals surface area contributed by atoms with Crippen LogP contribution < -0.4 is 10.6 Å². The van der Waals surface area contributed by atoms with Crippen LogP contribution in [0.3, 0.4) is 0 Å². The molecule has 0 radical (unpaired) electrons. The van der Waals surface area contributed by atoms with Crippen LogP contribution in [-0.2, 0) is 11.3 Å². The fourth-order valence-electron chi connectivity index (χ4n) is 4.72. The zero-order valence-corrected chi connectivity index (χ0v) is 21.8. The van der Waals surface area contributed by atoms with Gasteiger partial charge in [0.25, 0.3) is 18.2 Å². The van der Waals surface area contributed by atoms with Crippen LogP contribution in [0.1, 0.15) is 66.6 Å². The molecule has 41 heavy (non-hydrogen) atoms. The summed E-state index contributed by atoms with van der Waals surface area (Å²) in [6.07, 6.45) is -7.62. The first-order valence-corrected chi connectivity index (χ1v) is 12.9. The molecule has 0 saturated heterocycles. The van der Waals surface area contributed by atoms with Gasteiger partial charge in [0.05, 0.1) is 29.3 Å². The number of fused-ring (bicyclic) bond motifs is 1. The molecule has 16 heteroatoms. The van der Waals surface area contributed by atoms with Crippen LogP contribution in [0.5, 0.6) is 0 Å². The zero-order chi connectivity index (χ0) is 29.9. The maximum Gasteiger partial charge on any atom is 0.274 e. The second-order valence-corrected chi connectivity index (χ2v) is 10.0. The van der Waals surface area contributed by atoms with Crippen molar-refractivity contribution < 1.29 is 40.3 Å². The number of rotatable bonds is 11. The van der Waals surface area contributed by atoms with Gasteiger partial charge in [-0.3, -0.25) is 9.59 Å². The van der Waals surface area contributed by atoms with Gasteiger partial charge in [-0.1, -0.05) is 6.07 Å². The molecule has 0 bridgehead atoms. The van der Waals surface area contributed by atoms with Crippen LogP contribution in [0.25, 0.3) is 11.0 Å². The van der Waals surface area contributed by atoms with E-state index in [1.807, 2.05) is 0 Å². The van der Waals surface area contributed by atoms with E-state index in [4.69, 9.17) is 0 Å². The Morgan fingerprint density at radius 3 is 2.51 bits per heavy atom. The minimum atomic E-state index is -2.84. The van der Waals surface area contributed by atoms with Crippen LogP contribution in [-0.4, -0.2) is 68.1 Å². The summed E-state index contributed by atoms with van der Waals surface area (Å²) in [7, 11) is 0. The Labute approximate surface area is 229 Å². The molecule has 1 aliphatic rings. The number of aromatic nitrogens is 5. The summed E-state index contributed by atoms with van der Waals surface area (Å²) in [5.41, 5.74) is 1.09. The number of nitrogens with zero attached hydrogens (tertiary/aromatic N) is 4. The Bertz CT molecular complexity index is 1360. The van der Waals surface area contributed by atoms with Crippen molar-refractivity contribution in [1.82, 2.24) is 35.6 Å². The molecule has 3 aromatic rings. The van der Waals surface area contributed by atoms with Crippen molar-refractivity contribution in [2.45, 2.75) is 75.9 Å². The lowest BCUT2D eigenvalue weighted by Gasteiger charge is -2.33. The van der Waals surface area contributed by atoms with Crippen molar-refractivity contribution in [3.05, 3.63) is 41.5 Å². The van der Waals surface area contributed by atoms with Crippen LogP contribution in [0, 0.1) is 5.92 Å². The first-order chi connectivity index (χ1) is 19.4. The summed E-state index contributed by atoms with van der Waals surface area (Å²) >= 11 is 0. The monoisotopic (exact) mass is 591 g/mol. The molecule has 1 saturated carbocycles. The highest BCUT2D eigenvalue weighted by molar-refractivity contribution is 5.92. The summed E-state index contributed by atoms with van der Waals surface area (Å²) in [5.74, 6) is -5.11. The Morgan fingerprint density at radius 2 is 1.85 bits per heavy atom. The quantitative estimate of drug-likeness (QED) is 0.283. The van der Waals surface area contributed by atoms with Gasteiger partial charge in [0, 0.05) is 12.8 Å². The Kier molecular flexibility index (Phi) is 9.17. The molecule has 4 rings (SSSR count). The Hall–Kier alpha value is -3.72. The van der Waals surface area contributed by atoms with Crippen molar-refractivity contribution in [3.63, 3.8) is 0 Å². The fourth-order valence-corrected chi connectivity index (χ4v) is 4.72. The number of benzene rings is 1. The molecule has 2 amide bonds. The summed E-state index contributed by atoms with van der Waals surface area (Å²) in [4.78, 5) is 33.1. The first-order valence-electron chi connectivity index (χ1n) is 12.9. The van der Waals surface area contributed by atoms with Gasteiger partial charge in [-0.05, 0) is 43.4 Å². The minimum Gasteiger partial charge on any atom is -0.347 e. The number of hydrogen-bond donors (Lipinski definition) is 3. The number of H-pyrrole nitrogens is 1. The molecule has 9 nitrogen and oxygen atoms in total. The number of imidazole rings is 1. The maximum absolute atomic E-state index is 13.9. The van der Waals surface area contributed by atoms with Crippen molar-refractivity contribution in [2.75, 3.05) is 6.67 Å². The van der Waals surface area contributed by atoms with E-state index in [0.29, 0.717) is 21.4 Å². The lowest BCUT2D eigenvalue weighted by Crippen LogP contribution is -2.39. The number of carbonyl (C=O) groups excluding carboxylic acids is 2. The molecule has 1 aliphatic carbocycles. The number of nitrogens with one attached hydrogen (secondary N) is 3. The van der Waals surface area contributed by atoms with E-state index in [9.17, 15) is 40.3 Å².